The number of anilines is 1. The van der Waals surface area contributed by atoms with Gasteiger partial charge in [0.1, 0.15) is 11.4 Å². The molecule has 1 aliphatic rings. The van der Waals surface area contributed by atoms with Crippen LogP contribution in [0.1, 0.15) is 49.8 Å². The lowest BCUT2D eigenvalue weighted by molar-refractivity contribution is -0.0141. The SMILES string of the molecule is CC(C)(N)CCCC1(c2ccc(F)cc2)OCc2cc(N)ccc21. The van der Waals surface area contributed by atoms with E-state index in [9.17, 15) is 4.39 Å². The largest absolute Gasteiger partial charge is 0.399 e. The second kappa shape index (κ2) is 6.19. The maximum absolute atomic E-state index is 13.4. The number of nitrogen functional groups attached to an aromatic ring is 1. The third-order valence-electron chi connectivity index (χ3n) is 4.70. The standard InChI is InChI=1S/C20H25FN2O/c1-19(2,23)10-3-11-20(15-4-6-16(21)7-5-15)18-9-8-17(22)12-14(18)13-24-20/h4-9,12H,3,10-11,13,22-23H2,1-2H3. The van der Waals surface area contributed by atoms with Crippen molar-refractivity contribution in [3.63, 3.8) is 0 Å². The molecule has 4 N–H and O–H groups in total. The van der Waals surface area contributed by atoms with E-state index < -0.39 is 5.60 Å². The van der Waals surface area contributed by atoms with Crippen molar-refractivity contribution in [2.24, 2.45) is 5.73 Å². The van der Waals surface area contributed by atoms with Crippen LogP contribution in [0.3, 0.4) is 0 Å². The average Bonchev–Trinajstić information content (AvgIpc) is 2.86. The third kappa shape index (κ3) is 3.30. The van der Waals surface area contributed by atoms with Crippen LogP contribution in [0.4, 0.5) is 10.1 Å². The molecule has 0 aliphatic carbocycles. The molecule has 4 heteroatoms. The first kappa shape index (κ1) is 16.9. The minimum atomic E-state index is -0.554. The molecule has 2 aromatic rings. The lowest BCUT2D eigenvalue weighted by Crippen LogP contribution is -2.33. The Bertz CT molecular complexity index is 721. The summed E-state index contributed by atoms with van der Waals surface area (Å²) in [5.74, 6) is -0.243. The van der Waals surface area contributed by atoms with Crippen molar-refractivity contribution < 1.29 is 9.13 Å². The summed E-state index contributed by atoms with van der Waals surface area (Å²) in [5.41, 5.74) is 15.2. The van der Waals surface area contributed by atoms with E-state index in [0.717, 1.165) is 41.6 Å². The van der Waals surface area contributed by atoms with E-state index in [4.69, 9.17) is 16.2 Å². The van der Waals surface area contributed by atoms with Crippen molar-refractivity contribution in [2.75, 3.05) is 5.73 Å². The molecule has 1 unspecified atom stereocenters. The molecule has 0 radical (unpaired) electrons. The Hall–Kier alpha value is -1.91. The molecule has 1 atom stereocenters. The van der Waals surface area contributed by atoms with Gasteiger partial charge in [0.05, 0.1) is 6.61 Å². The van der Waals surface area contributed by atoms with Crippen LogP contribution in [-0.4, -0.2) is 5.54 Å². The van der Waals surface area contributed by atoms with Crippen LogP contribution >= 0.6 is 0 Å². The van der Waals surface area contributed by atoms with Crippen molar-refractivity contribution in [3.05, 3.63) is 65.0 Å². The van der Waals surface area contributed by atoms with Gasteiger partial charge in [-0.2, -0.15) is 0 Å². The number of hydrogen-bond donors (Lipinski definition) is 2. The van der Waals surface area contributed by atoms with Crippen LogP contribution in [0, 0.1) is 5.82 Å². The summed E-state index contributed by atoms with van der Waals surface area (Å²) in [5, 5.41) is 0. The van der Waals surface area contributed by atoms with Crippen molar-refractivity contribution in [2.45, 2.75) is 50.9 Å². The molecule has 0 bridgehead atoms. The highest BCUT2D eigenvalue weighted by atomic mass is 19.1. The van der Waals surface area contributed by atoms with E-state index >= 15 is 0 Å². The summed E-state index contributed by atoms with van der Waals surface area (Å²) < 4.78 is 19.7. The zero-order chi connectivity index (χ0) is 17.4. The van der Waals surface area contributed by atoms with E-state index in [0.29, 0.717) is 6.61 Å². The lowest BCUT2D eigenvalue weighted by Gasteiger charge is -2.32. The predicted molar refractivity (Wildman–Crippen MR) is 94.9 cm³/mol. The van der Waals surface area contributed by atoms with Gasteiger partial charge in [0, 0.05) is 11.2 Å². The van der Waals surface area contributed by atoms with Crippen LogP contribution in [-0.2, 0) is 16.9 Å². The molecule has 0 amide bonds. The zero-order valence-electron chi connectivity index (χ0n) is 14.3. The summed E-state index contributed by atoms with van der Waals surface area (Å²) in [7, 11) is 0. The van der Waals surface area contributed by atoms with Gasteiger partial charge in [0.15, 0.2) is 0 Å². The molecule has 3 rings (SSSR count). The molecule has 2 aromatic carbocycles. The molecule has 24 heavy (non-hydrogen) atoms. The van der Waals surface area contributed by atoms with E-state index in [1.165, 1.54) is 12.1 Å². The number of ether oxygens (including phenoxy) is 1. The molecule has 0 saturated heterocycles. The number of rotatable bonds is 5. The van der Waals surface area contributed by atoms with Crippen LogP contribution in [0.25, 0.3) is 0 Å². The fourth-order valence-corrected chi connectivity index (χ4v) is 3.51. The number of benzene rings is 2. The Kier molecular flexibility index (Phi) is 4.37. The minimum absolute atomic E-state index is 0.216. The third-order valence-corrected chi connectivity index (χ3v) is 4.70. The second-order valence-electron chi connectivity index (χ2n) is 7.38. The molecule has 1 heterocycles. The highest BCUT2D eigenvalue weighted by Gasteiger charge is 2.41. The monoisotopic (exact) mass is 328 g/mol. The fourth-order valence-electron chi connectivity index (χ4n) is 3.51. The van der Waals surface area contributed by atoms with E-state index in [1.54, 1.807) is 0 Å². The Morgan fingerprint density at radius 1 is 1.17 bits per heavy atom. The maximum atomic E-state index is 13.4. The second-order valence-corrected chi connectivity index (χ2v) is 7.38. The lowest BCUT2D eigenvalue weighted by atomic mass is 9.80. The number of fused-ring (bicyclic) bond motifs is 1. The molecule has 0 fully saturated rings. The Labute approximate surface area is 142 Å². The average molecular weight is 328 g/mol. The number of nitrogens with two attached hydrogens (primary N) is 2. The summed E-state index contributed by atoms with van der Waals surface area (Å²) in [6.07, 6.45) is 2.62. The molecule has 1 aliphatic heterocycles. The molecular weight excluding hydrogens is 303 g/mol. The van der Waals surface area contributed by atoms with E-state index in [1.807, 2.05) is 44.2 Å². The van der Waals surface area contributed by atoms with Crippen LogP contribution < -0.4 is 11.5 Å². The van der Waals surface area contributed by atoms with Gasteiger partial charge in [-0.15, -0.1) is 0 Å². The molecule has 0 aromatic heterocycles. The van der Waals surface area contributed by atoms with E-state index in [2.05, 4.69) is 0 Å². The topological polar surface area (TPSA) is 61.3 Å². The summed E-state index contributed by atoms with van der Waals surface area (Å²) >= 11 is 0. The fraction of sp³-hybridized carbons (Fsp3) is 0.400. The molecule has 3 nitrogen and oxygen atoms in total. The van der Waals surface area contributed by atoms with Crippen molar-refractivity contribution >= 4 is 5.69 Å². The van der Waals surface area contributed by atoms with Gasteiger partial charge in [-0.05, 0) is 74.1 Å². The summed E-state index contributed by atoms with van der Waals surface area (Å²) in [6.45, 7) is 4.58. The number of hydrogen-bond acceptors (Lipinski definition) is 3. The first-order chi connectivity index (χ1) is 11.3. The van der Waals surface area contributed by atoms with Crippen LogP contribution in [0.5, 0.6) is 0 Å². The first-order valence-corrected chi connectivity index (χ1v) is 8.38. The van der Waals surface area contributed by atoms with Gasteiger partial charge in [0.25, 0.3) is 0 Å². The summed E-state index contributed by atoms with van der Waals surface area (Å²) in [4.78, 5) is 0. The zero-order valence-corrected chi connectivity index (χ0v) is 14.3. The highest BCUT2D eigenvalue weighted by Crippen LogP contribution is 2.46. The van der Waals surface area contributed by atoms with Gasteiger partial charge in [-0.1, -0.05) is 18.2 Å². The quantitative estimate of drug-likeness (QED) is 0.813. The minimum Gasteiger partial charge on any atom is -0.399 e. The molecular formula is C20H25FN2O. The normalized spacial score (nSPS) is 20.2. The molecule has 128 valence electrons. The van der Waals surface area contributed by atoms with Crippen LogP contribution in [0.2, 0.25) is 0 Å². The maximum Gasteiger partial charge on any atom is 0.123 e. The smallest absolute Gasteiger partial charge is 0.123 e. The predicted octanol–water partition coefficient (Wildman–Crippen LogP) is 4.09. The number of halogens is 1. The summed E-state index contributed by atoms with van der Waals surface area (Å²) in [6, 6.07) is 12.5. The Morgan fingerprint density at radius 3 is 2.54 bits per heavy atom. The molecule has 0 spiro atoms. The van der Waals surface area contributed by atoms with Gasteiger partial charge in [0.2, 0.25) is 0 Å². The van der Waals surface area contributed by atoms with Crippen molar-refractivity contribution in [1.82, 2.24) is 0 Å². The Morgan fingerprint density at radius 2 is 1.88 bits per heavy atom. The van der Waals surface area contributed by atoms with Gasteiger partial charge in [-0.3, -0.25) is 0 Å². The van der Waals surface area contributed by atoms with Gasteiger partial charge >= 0.3 is 0 Å². The molecule has 0 saturated carbocycles. The first-order valence-electron chi connectivity index (χ1n) is 8.38. The van der Waals surface area contributed by atoms with Gasteiger partial charge < -0.3 is 16.2 Å². The highest BCUT2D eigenvalue weighted by molar-refractivity contribution is 5.51. The van der Waals surface area contributed by atoms with Crippen molar-refractivity contribution in [3.8, 4) is 0 Å². The van der Waals surface area contributed by atoms with Crippen molar-refractivity contribution in [1.29, 1.82) is 0 Å². The van der Waals surface area contributed by atoms with Crippen LogP contribution in [0.15, 0.2) is 42.5 Å². The van der Waals surface area contributed by atoms with E-state index in [-0.39, 0.29) is 11.4 Å². The Balaban J connectivity index is 1.98. The van der Waals surface area contributed by atoms with Gasteiger partial charge in [-0.25, -0.2) is 4.39 Å².